The van der Waals surface area contributed by atoms with Crippen molar-refractivity contribution in [3.63, 3.8) is 0 Å². The minimum atomic E-state index is -0.851. The van der Waals surface area contributed by atoms with Gasteiger partial charge in [0.1, 0.15) is 0 Å². The molecule has 1 heterocycles. The lowest BCUT2D eigenvalue weighted by atomic mass is 9.98. The highest BCUT2D eigenvalue weighted by Crippen LogP contribution is 2.33. The van der Waals surface area contributed by atoms with E-state index in [0.29, 0.717) is 40.5 Å². The van der Waals surface area contributed by atoms with Crippen LogP contribution in [0.5, 0.6) is 5.88 Å². The van der Waals surface area contributed by atoms with Crippen molar-refractivity contribution in [3.8, 4) is 5.88 Å². The number of aromatic nitrogens is 1. The van der Waals surface area contributed by atoms with Gasteiger partial charge >= 0.3 is 5.97 Å². The second kappa shape index (κ2) is 13.7. The van der Waals surface area contributed by atoms with Gasteiger partial charge in [0.15, 0.2) is 5.88 Å². The number of anilines is 1. The Bertz CT molecular complexity index is 1580. The van der Waals surface area contributed by atoms with Crippen LogP contribution in [0.3, 0.4) is 0 Å². The van der Waals surface area contributed by atoms with E-state index in [0.717, 1.165) is 35.3 Å². The number of benzene rings is 3. The minimum absolute atomic E-state index is 0.0152. The van der Waals surface area contributed by atoms with Gasteiger partial charge in [-0.2, -0.15) is 0 Å². The first-order valence-corrected chi connectivity index (χ1v) is 14.0. The van der Waals surface area contributed by atoms with Gasteiger partial charge in [0.25, 0.3) is 0 Å². The molecule has 220 valence electrons. The van der Waals surface area contributed by atoms with Gasteiger partial charge in [-0.3, -0.25) is 14.5 Å². The summed E-state index contributed by atoms with van der Waals surface area (Å²) in [4.78, 5) is 37.5. The fourth-order valence-corrected chi connectivity index (χ4v) is 4.72. The molecule has 0 bridgehead atoms. The zero-order valence-electron chi connectivity index (χ0n) is 24.3. The van der Waals surface area contributed by atoms with Gasteiger partial charge in [-0.15, -0.1) is 0 Å². The molecule has 0 fully saturated rings. The molecule has 3 N–H and O–H groups in total. The number of aliphatic carboxylic acids is 1. The number of fused-ring (bicyclic) bond motifs is 1. The van der Waals surface area contributed by atoms with Crippen LogP contribution in [0.2, 0.25) is 5.02 Å². The van der Waals surface area contributed by atoms with E-state index >= 15 is 0 Å². The van der Waals surface area contributed by atoms with Crippen LogP contribution in [0.15, 0.2) is 71.7 Å². The van der Waals surface area contributed by atoms with Crippen molar-refractivity contribution in [2.45, 2.75) is 12.8 Å². The summed E-state index contributed by atoms with van der Waals surface area (Å²) in [5, 5.41) is 21.3. The van der Waals surface area contributed by atoms with E-state index in [1.807, 2.05) is 80.6 Å². The summed E-state index contributed by atoms with van der Waals surface area (Å²) in [6.07, 6.45) is 0.456. The molecule has 0 aliphatic carbocycles. The van der Waals surface area contributed by atoms with E-state index in [2.05, 4.69) is 9.88 Å². The van der Waals surface area contributed by atoms with E-state index in [9.17, 15) is 14.7 Å². The first kappa shape index (κ1) is 30.8. The molecule has 10 heteroatoms. The maximum absolute atomic E-state index is 12.9. The predicted octanol–water partition coefficient (Wildman–Crippen LogP) is 5.17. The lowest BCUT2D eigenvalue weighted by Crippen LogP contribution is -2.39. The number of carbonyl (C=O) groups is 2. The number of carbonyl (C=O) groups excluding carboxylic acids is 1. The number of aliphatic imine (C=N–C) groups is 1. The van der Waals surface area contributed by atoms with Gasteiger partial charge < -0.3 is 25.0 Å². The van der Waals surface area contributed by atoms with Crippen LogP contribution in [0.4, 0.5) is 11.4 Å². The molecule has 4 rings (SSSR count). The molecule has 0 aliphatic rings. The number of aryl methyl sites for hydroxylation is 1. The first-order valence-electron chi connectivity index (χ1n) is 13.6. The summed E-state index contributed by atoms with van der Waals surface area (Å²) in [5.41, 5.74) is 4.75. The fourth-order valence-electron chi connectivity index (χ4n) is 4.55. The van der Waals surface area contributed by atoms with Crippen LogP contribution < -0.4 is 4.90 Å². The van der Waals surface area contributed by atoms with Crippen molar-refractivity contribution in [2.24, 2.45) is 4.99 Å². The average Bonchev–Trinajstić information content (AvgIpc) is 3.28. The summed E-state index contributed by atoms with van der Waals surface area (Å²) >= 11 is 6.19. The standard InChI is InChI=1S/C32H36ClN5O4/c1-36(2)17-18-37(3)20-28(39)38(4)25-13-11-24(12-14-25)34-31(22-8-5-21(6-9-22)7-16-29(40)41)30-26-15-10-23(33)19-27(26)35-32(30)42/h5-6,8-15,19,35,42H,7,16-18,20H2,1-4H3,(H,40,41). The van der Waals surface area contributed by atoms with Crippen molar-refractivity contribution in [1.82, 2.24) is 14.8 Å². The number of amides is 1. The van der Waals surface area contributed by atoms with Crippen molar-refractivity contribution >= 4 is 51.5 Å². The molecule has 1 aromatic heterocycles. The Hall–Kier alpha value is -4.18. The molecule has 42 heavy (non-hydrogen) atoms. The molecular weight excluding hydrogens is 554 g/mol. The molecule has 9 nitrogen and oxygen atoms in total. The Morgan fingerprint density at radius 1 is 0.929 bits per heavy atom. The zero-order chi connectivity index (χ0) is 30.4. The SMILES string of the molecule is CN(C)CCN(C)CC(=O)N(C)c1ccc(N=C(c2ccc(CCC(=O)O)cc2)c2c(O)[nH]c3cc(Cl)ccc23)cc1. The number of nitrogens with one attached hydrogen (secondary N) is 1. The highest BCUT2D eigenvalue weighted by Gasteiger charge is 2.20. The van der Waals surface area contributed by atoms with Gasteiger partial charge in [-0.1, -0.05) is 41.9 Å². The Balaban J connectivity index is 1.65. The number of likely N-dealkylation sites (N-methyl/N-ethyl adjacent to an activating group) is 3. The van der Waals surface area contributed by atoms with Gasteiger partial charge in [0, 0.05) is 48.2 Å². The fraction of sp³-hybridized carbons (Fsp3) is 0.281. The number of nitrogens with zero attached hydrogens (tertiary/aromatic N) is 4. The quantitative estimate of drug-likeness (QED) is 0.197. The molecule has 0 spiro atoms. The van der Waals surface area contributed by atoms with Crippen molar-refractivity contribution in [2.75, 3.05) is 52.7 Å². The lowest BCUT2D eigenvalue weighted by molar-refractivity contribution is -0.137. The monoisotopic (exact) mass is 589 g/mol. The Labute approximate surface area is 250 Å². The molecule has 0 radical (unpaired) electrons. The third-order valence-electron chi connectivity index (χ3n) is 7.02. The van der Waals surface area contributed by atoms with Crippen molar-refractivity contribution in [1.29, 1.82) is 0 Å². The molecule has 4 aromatic rings. The van der Waals surface area contributed by atoms with Crippen LogP contribution in [0.1, 0.15) is 23.1 Å². The van der Waals surface area contributed by atoms with Crippen molar-refractivity contribution < 1.29 is 19.8 Å². The molecule has 0 atom stereocenters. The normalized spacial score (nSPS) is 11.9. The second-order valence-corrected chi connectivity index (χ2v) is 11.0. The maximum atomic E-state index is 12.9. The molecule has 0 aliphatic heterocycles. The molecular formula is C32H36ClN5O4. The lowest BCUT2D eigenvalue weighted by Gasteiger charge is -2.23. The highest BCUT2D eigenvalue weighted by atomic mass is 35.5. The number of hydrogen-bond acceptors (Lipinski definition) is 6. The van der Waals surface area contributed by atoms with Gasteiger partial charge in [-0.25, -0.2) is 4.99 Å². The van der Waals surface area contributed by atoms with Crippen LogP contribution in [0, 0.1) is 0 Å². The highest BCUT2D eigenvalue weighted by molar-refractivity contribution is 6.31. The number of carboxylic acids is 1. The number of H-pyrrole nitrogens is 1. The topological polar surface area (TPSA) is 112 Å². The Morgan fingerprint density at radius 2 is 1.62 bits per heavy atom. The van der Waals surface area contributed by atoms with Crippen molar-refractivity contribution in [3.05, 3.63) is 88.4 Å². The third kappa shape index (κ3) is 7.76. The summed E-state index contributed by atoms with van der Waals surface area (Å²) < 4.78 is 0. The second-order valence-electron chi connectivity index (χ2n) is 10.6. The smallest absolute Gasteiger partial charge is 0.303 e. The number of rotatable bonds is 12. The molecule has 0 unspecified atom stereocenters. The Morgan fingerprint density at radius 3 is 2.26 bits per heavy atom. The van der Waals surface area contributed by atoms with Crippen LogP contribution in [-0.2, 0) is 16.0 Å². The summed E-state index contributed by atoms with van der Waals surface area (Å²) in [7, 11) is 7.70. The first-order chi connectivity index (χ1) is 20.0. The third-order valence-corrected chi connectivity index (χ3v) is 7.25. The minimum Gasteiger partial charge on any atom is -0.494 e. The van der Waals surface area contributed by atoms with E-state index < -0.39 is 5.97 Å². The van der Waals surface area contributed by atoms with E-state index in [1.165, 1.54) is 0 Å². The molecule has 1 amide bonds. The van der Waals surface area contributed by atoms with Crippen LogP contribution in [-0.4, -0.2) is 90.4 Å². The number of aromatic amines is 1. The number of hydrogen-bond donors (Lipinski definition) is 3. The van der Waals surface area contributed by atoms with E-state index in [-0.39, 0.29) is 18.2 Å². The summed E-state index contributed by atoms with van der Waals surface area (Å²) in [6, 6.07) is 20.2. The van der Waals surface area contributed by atoms with Gasteiger partial charge in [0.05, 0.1) is 29.0 Å². The number of carboxylic acid groups (broad SMARTS) is 1. The predicted molar refractivity (Wildman–Crippen MR) is 169 cm³/mol. The van der Waals surface area contributed by atoms with Gasteiger partial charge in [0.2, 0.25) is 5.91 Å². The summed E-state index contributed by atoms with van der Waals surface area (Å²) in [5.74, 6) is -0.907. The van der Waals surface area contributed by atoms with E-state index in [4.69, 9.17) is 21.7 Å². The summed E-state index contributed by atoms with van der Waals surface area (Å²) in [6.45, 7) is 1.96. The molecule has 0 saturated carbocycles. The van der Waals surface area contributed by atoms with Crippen LogP contribution >= 0.6 is 11.6 Å². The molecule has 3 aromatic carbocycles. The van der Waals surface area contributed by atoms with Gasteiger partial charge in [-0.05, 0) is 69.5 Å². The maximum Gasteiger partial charge on any atom is 0.303 e. The Kier molecular flexibility index (Phi) is 10.0. The molecule has 0 saturated heterocycles. The zero-order valence-corrected chi connectivity index (χ0v) is 25.0. The number of halogens is 1. The largest absolute Gasteiger partial charge is 0.494 e. The van der Waals surface area contributed by atoms with E-state index in [1.54, 1.807) is 24.1 Å². The number of aromatic hydroxyl groups is 1. The van der Waals surface area contributed by atoms with Crippen LogP contribution in [0.25, 0.3) is 10.9 Å². The average molecular weight is 590 g/mol.